The van der Waals surface area contributed by atoms with Gasteiger partial charge in [0, 0.05) is 16.5 Å². The molecule has 2 aromatic rings. The van der Waals surface area contributed by atoms with Gasteiger partial charge in [0.2, 0.25) is 0 Å². The smallest absolute Gasteiger partial charge is 0.326 e. The molecule has 0 saturated heterocycles. The summed E-state index contributed by atoms with van der Waals surface area (Å²) in [5, 5.41) is 11.9. The average molecular weight is 374 g/mol. The average Bonchev–Trinajstić information content (AvgIpc) is 2.52. The number of carbonyl (C=O) groups excluding carboxylic acids is 1. The SMILES string of the molecule is O=C(N[C@@H](Cc1c(Cl)cccc1Cl)C(=O)O)c1cccc(F)c1F. The topological polar surface area (TPSA) is 66.4 Å². The predicted octanol–water partition coefficient (Wildman–Crippen LogP) is 3.70. The Labute approximate surface area is 146 Å². The number of rotatable bonds is 5. The summed E-state index contributed by atoms with van der Waals surface area (Å²) in [5.41, 5.74) is -0.264. The predicted molar refractivity (Wildman–Crippen MR) is 85.4 cm³/mol. The molecule has 0 saturated carbocycles. The first-order valence-electron chi connectivity index (χ1n) is 6.71. The molecule has 0 unspecified atom stereocenters. The van der Waals surface area contributed by atoms with E-state index in [4.69, 9.17) is 23.2 Å². The standard InChI is InChI=1S/C16H11Cl2F2NO3/c17-10-4-2-5-11(18)9(10)7-13(16(23)24)21-15(22)8-3-1-6-12(19)14(8)20/h1-6,13H,7H2,(H,21,22)(H,23,24)/t13-/m0/s1. The lowest BCUT2D eigenvalue weighted by atomic mass is 10.0. The molecular weight excluding hydrogens is 363 g/mol. The second-order valence-electron chi connectivity index (χ2n) is 4.87. The van der Waals surface area contributed by atoms with E-state index >= 15 is 0 Å². The van der Waals surface area contributed by atoms with Crippen LogP contribution in [0, 0.1) is 11.6 Å². The van der Waals surface area contributed by atoms with Crippen LogP contribution in [0.2, 0.25) is 10.0 Å². The lowest BCUT2D eigenvalue weighted by Crippen LogP contribution is -2.42. The van der Waals surface area contributed by atoms with Crippen molar-refractivity contribution in [2.24, 2.45) is 0 Å². The summed E-state index contributed by atoms with van der Waals surface area (Å²) < 4.78 is 26.8. The summed E-state index contributed by atoms with van der Waals surface area (Å²) in [6, 6.07) is 6.27. The number of hydrogen-bond acceptors (Lipinski definition) is 2. The third-order valence-electron chi connectivity index (χ3n) is 3.27. The number of carbonyl (C=O) groups is 2. The second-order valence-corrected chi connectivity index (χ2v) is 5.68. The summed E-state index contributed by atoms with van der Waals surface area (Å²) in [6.07, 6.45) is -0.212. The molecule has 24 heavy (non-hydrogen) atoms. The Morgan fingerprint density at radius 3 is 2.25 bits per heavy atom. The molecular formula is C16H11Cl2F2NO3. The lowest BCUT2D eigenvalue weighted by Gasteiger charge is -2.16. The number of halogens is 4. The van der Waals surface area contributed by atoms with Crippen molar-refractivity contribution in [2.45, 2.75) is 12.5 Å². The van der Waals surface area contributed by atoms with Gasteiger partial charge in [-0.25, -0.2) is 13.6 Å². The fourth-order valence-electron chi connectivity index (χ4n) is 2.05. The molecule has 2 rings (SSSR count). The van der Waals surface area contributed by atoms with Crippen molar-refractivity contribution in [2.75, 3.05) is 0 Å². The van der Waals surface area contributed by atoms with Gasteiger partial charge in [0.1, 0.15) is 6.04 Å². The maximum Gasteiger partial charge on any atom is 0.326 e. The van der Waals surface area contributed by atoms with E-state index in [-0.39, 0.29) is 16.5 Å². The van der Waals surface area contributed by atoms with E-state index in [1.807, 2.05) is 0 Å². The van der Waals surface area contributed by atoms with Gasteiger partial charge in [0.25, 0.3) is 5.91 Å². The zero-order valence-electron chi connectivity index (χ0n) is 12.0. The molecule has 126 valence electrons. The van der Waals surface area contributed by atoms with E-state index in [0.29, 0.717) is 5.56 Å². The Morgan fingerprint density at radius 2 is 1.67 bits per heavy atom. The zero-order valence-corrected chi connectivity index (χ0v) is 13.5. The number of carboxylic acid groups (broad SMARTS) is 1. The lowest BCUT2D eigenvalue weighted by molar-refractivity contribution is -0.139. The zero-order chi connectivity index (χ0) is 17.9. The highest BCUT2D eigenvalue weighted by atomic mass is 35.5. The van der Waals surface area contributed by atoms with Crippen LogP contribution in [0.5, 0.6) is 0 Å². The summed E-state index contributed by atoms with van der Waals surface area (Å²) in [5.74, 6) is -4.97. The molecule has 1 atom stereocenters. The minimum Gasteiger partial charge on any atom is -0.480 e. The Morgan fingerprint density at radius 1 is 1.08 bits per heavy atom. The van der Waals surface area contributed by atoms with Crippen LogP contribution in [0.15, 0.2) is 36.4 Å². The normalized spacial score (nSPS) is 11.8. The number of amides is 1. The molecule has 0 aliphatic rings. The van der Waals surface area contributed by atoms with Crippen molar-refractivity contribution >= 4 is 35.1 Å². The molecule has 2 aromatic carbocycles. The third kappa shape index (κ3) is 4.01. The van der Waals surface area contributed by atoms with Gasteiger partial charge >= 0.3 is 5.97 Å². The highest BCUT2D eigenvalue weighted by Gasteiger charge is 2.25. The van der Waals surface area contributed by atoms with E-state index < -0.39 is 35.1 Å². The Kier molecular flexibility index (Phi) is 5.75. The maximum absolute atomic E-state index is 13.6. The molecule has 0 aliphatic heterocycles. The maximum atomic E-state index is 13.6. The van der Waals surface area contributed by atoms with Gasteiger partial charge in [-0.2, -0.15) is 0 Å². The van der Waals surface area contributed by atoms with Gasteiger partial charge in [-0.1, -0.05) is 35.3 Å². The number of benzene rings is 2. The first-order chi connectivity index (χ1) is 11.3. The van der Waals surface area contributed by atoms with Crippen LogP contribution in [0.3, 0.4) is 0 Å². The molecule has 0 radical (unpaired) electrons. The monoisotopic (exact) mass is 373 g/mol. The van der Waals surface area contributed by atoms with E-state index in [1.165, 1.54) is 12.1 Å². The van der Waals surface area contributed by atoms with E-state index in [2.05, 4.69) is 5.32 Å². The summed E-state index contributed by atoms with van der Waals surface area (Å²) in [6.45, 7) is 0. The Hall–Kier alpha value is -2.18. The molecule has 0 aliphatic carbocycles. The highest BCUT2D eigenvalue weighted by Crippen LogP contribution is 2.25. The third-order valence-corrected chi connectivity index (χ3v) is 3.98. The Balaban J connectivity index is 2.25. The molecule has 0 fully saturated rings. The minimum absolute atomic E-state index is 0.212. The molecule has 1 amide bonds. The van der Waals surface area contributed by atoms with Crippen LogP contribution in [0.1, 0.15) is 15.9 Å². The van der Waals surface area contributed by atoms with Gasteiger partial charge in [-0.3, -0.25) is 4.79 Å². The number of hydrogen-bond donors (Lipinski definition) is 2. The van der Waals surface area contributed by atoms with Crippen LogP contribution in [-0.4, -0.2) is 23.0 Å². The first kappa shape index (κ1) is 18.2. The van der Waals surface area contributed by atoms with Crippen molar-refractivity contribution < 1.29 is 23.5 Å². The van der Waals surface area contributed by atoms with Crippen LogP contribution < -0.4 is 5.32 Å². The second kappa shape index (κ2) is 7.59. The van der Waals surface area contributed by atoms with E-state index in [1.54, 1.807) is 6.07 Å². The number of aliphatic carboxylic acids is 1. The van der Waals surface area contributed by atoms with Crippen LogP contribution in [0.25, 0.3) is 0 Å². The van der Waals surface area contributed by atoms with Crippen molar-refractivity contribution in [3.8, 4) is 0 Å². The van der Waals surface area contributed by atoms with Gasteiger partial charge in [0.05, 0.1) is 5.56 Å². The molecule has 8 heteroatoms. The molecule has 0 spiro atoms. The van der Waals surface area contributed by atoms with Gasteiger partial charge in [-0.15, -0.1) is 0 Å². The summed E-state index contributed by atoms with van der Waals surface area (Å²) in [7, 11) is 0. The van der Waals surface area contributed by atoms with Crippen LogP contribution >= 0.6 is 23.2 Å². The highest BCUT2D eigenvalue weighted by molar-refractivity contribution is 6.36. The van der Waals surface area contributed by atoms with E-state index in [0.717, 1.165) is 18.2 Å². The fourth-order valence-corrected chi connectivity index (χ4v) is 2.60. The van der Waals surface area contributed by atoms with Crippen molar-refractivity contribution in [3.05, 3.63) is 69.2 Å². The molecule has 0 aromatic heterocycles. The van der Waals surface area contributed by atoms with Gasteiger partial charge in [0.15, 0.2) is 11.6 Å². The van der Waals surface area contributed by atoms with Crippen molar-refractivity contribution in [1.29, 1.82) is 0 Å². The minimum atomic E-state index is -1.42. The summed E-state index contributed by atoms with van der Waals surface area (Å²) in [4.78, 5) is 23.4. The molecule has 0 bridgehead atoms. The van der Waals surface area contributed by atoms with Crippen LogP contribution in [0.4, 0.5) is 8.78 Å². The van der Waals surface area contributed by atoms with Gasteiger partial charge < -0.3 is 10.4 Å². The van der Waals surface area contributed by atoms with Crippen LogP contribution in [-0.2, 0) is 11.2 Å². The fraction of sp³-hybridized carbons (Fsp3) is 0.125. The van der Waals surface area contributed by atoms with E-state index in [9.17, 15) is 23.5 Å². The molecule has 4 nitrogen and oxygen atoms in total. The molecule has 0 heterocycles. The largest absolute Gasteiger partial charge is 0.480 e. The number of nitrogens with one attached hydrogen (secondary N) is 1. The van der Waals surface area contributed by atoms with Crippen molar-refractivity contribution in [1.82, 2.24) is 5.32 Å². The quantitative estimate of drug-likeness (QED) is 0.839. The number of carboxylic acids is 1. The van der Waals surface area contributed by atoms with Crippen molar-refractivity contribution in [3.63, 3.8) is 0 Å². The first-order valence-corrected chi connectivity index (χ1v) is 7.47. The Bertz CT molecular complexity index is 779. The molecule has 2 N–H and O–H groups in total. The van der Waals surface area contributed by atoms with Gasteiger partial charge in [-0.05, 0) is 29.8 Å². The summed E-state index contributed by atoms with van der Waals surface area (Å²) >= 11 is 12.0.